The zero-order chi connectivity index (χ0) is 27.3. The molecule has 0 aliphatic carbocycles. The Labute approximate surface area is 217 Å². The highest BCUT2D eigenvalue weighted by Gasteiger charge is 2.06. The van der Waals surface area contributed by atoms with Gasteiger partial charge in [0.1, 0.15) is 30.6 Å². The highest BCUT2D eigenvalue weighted by atomic mass is 15.3. The van der Waals surface area contributed by atoms with E-state index in [1.807, 2.05) is 35.7 Å². The van der Waals surface area contributed by atoms with E-state index in [2.05, 4.69) is 97.6 Å². The molecule has 0 radical (unpaired) electrons. The summed E-state index contributed by atoms with van der Waals surface area (Å²) in [7, 11) is 3.87. The van der Waals surface area contributed by atoms with Crippen molar-refractivity contribution in [1.82, 2.24) is 39.3 Å². The predicted octanol–water partition coefficient (Wildman–Crippen LogP) is 5.03. The summed E-state index contributed by atoms with van der Waals surface area (Å²) in [6.07, 6.45) is 6.65. The van der Waals surface area contributed by atoms with Crippen LogP contribution in [0.3, 0.4) is 0 Å². The van der Waals surface area contributed by atoms with Crippen molar-refractivity contribution in [2.75, 3.05) is 6.54 Å². The van der Waals surface area contributed by atoms with Gasteiger partial charge < -0.3 is 0 Å². The minimum Gasteiger partial charge on any atom is -0.272 e. The van der Waals surface area contributed by atoms with Crippen LogP contribution in [0.4, 0.5) is 0 Å². The first-order valence-corrected chi connectivity index (χ1v) is 12.7. The van der Waals surface area contributed by atoms with Crippen LogP contribution in [0, 0.1) is 5.92 Å². The number of rotatable bonds is 5. The maximum absolute atomic E-state index is 4.14. The minimum atomic E-state index is 0.470. The van der Waals surface area contributed by atoms with Crippen LogP contribution in [0.5, 0.6) is 0 Å². The summed E-state index contributed by atoms with van der Waals surface area (Å²) >= 11 is 0. The molecule has 36 heavy (non-hydrogen) atoms. The highest BCUT2D eigenvalue weighted by molar-refractivity contribution is 5.97. The topological polar surface area (TPSA) is 104 Å². The van der Waals surface area contributed by atoms with Crippen molar-refractivity contribution < 1.29 is 0 Å². The van der Waals surface area contributed by atoms with Crippen molar-refractivity contribution in [2.24, 2.45) is 30.0 Å². The lowest BCUT2D eigenvalue weighted by atomic mass is 10.1. The van der Waals surface area contributed by atoms with Crippen LogP contribution in [0.1, 0.15) is 97.4 Å². The van der Waals surface area contributed by atoms with Gasteiger partial charge in [-0.05, 0) is 24.8 Å². The molecule has 10 heteroatoms. The van der Waals surface area contributed by atoms with E-state index in [9.17, 15) is 0 Å². The Balaban J connectivity index is 0.000000241. The van der Waals surface area contributed by atoms with E-state index in [-0.39, 0.29) is 0 Å². The molecule has 0 fully saturated rings. The number of hydrogen-bond donors (Lipinski definition) is 0. The van der Waals surface area contributed by atoms with Crippen LogP contribution < -0.4 is 0 Å². The summed E-state index contributed by atoms with van der Waals surface area (Å²) in [6, 6.07) is 2.05. The molecular weight excluding hydrogens is 452 g/mol. The molecule has 4 rings (SSSR count). The van der Waals surface area contributed by atoms with Crippen LogP contribution in [-0.2, 0) is 20.6 Å². The summed E-state index contributed by atoms with van der Waals surface area (Å²) in [6.45, 7) is 20.8. The van der Waals surface area contributed by atoms with Crippen LogP contribution in [-0.4, -0.2) is 57.9 Å². The number of aryl methyl sites for hydroxylation is 3. The van der Waals surface area contributed by atoms with Crippen molar-refractivity contribution in [3.05, 3.63) is 42.3 Å². The molecule has 0 spiro atoms. The van der Waals surface area contributed by atoms with E-state index in [4.69, 9.17) is 0 Å². The molecule has 10 nitrogen and oxygen atoms in total. The molecule has 3 aromatic heterocycles. The van der Waals surface area contributed by atoms with Gasteiger partial charge in [0, 0.05) is 50.1 Å². The van der Waals surface area contributed by atoms with Gasteiger partial charge in [-0.3, -0.25) is 19.0 Å². The van der Waals surface area contributed by atoms with Gasteiger partial charge in [0.25, 0.3) is 0 Å². The second kappa shape index (κ2) is 15.7. The first-order chi connectivity index (χ1) is 17.0. The van der Waals surface area contributed by atoms with Crippen LogP contribution >= 0.6 is 0 Å². The molecule has 1 aliphatic rings. The second-order valence-corrected chi connectivity index (χ2v) is 9.75. The fraction of sp³-hybridized carbons (Fsp3) is 0.654. The second-order valence-electron chi connectivity index (χ2n) is 9.75. The smallest absolute Gasteiger partial charge is 0.138 e. The molecule has 0 N–H and O–H groups in total. The third kappa shape index (κ3) is 10.2. The fourth-order valence-corrected chi connectivity index (χ4v) is 3.36. The summed E-state index contributed by atoms with van der Waals surface area (Å²) in [5.41, 5.74) is 2.49. The Morgan fingerprint density at radius 2 is 1.36 bits per heavy atom. The van der Waals surface area contributed by atoms with Gasteiger partial charge in [0.05, 0.1) is 6.54 Å². The van der Waals surface area contributed by atoms with Crippen LogP contribution in [0.25, 0.3) is 0 Å². The average Bonchev–Trinajstić information content (AvgIpc) is 3.61. The lowest BCUT2D eigenvalue weighted by molar-refractivity contribution is 0.589. The van der Waals surface area contributed by atoms with E-state index >= 15 is 0 Å². The Hall–Kier alpha value is -3.17. The van der Waals surface area contributed by atoms with Crippen molar-refractivity contribution in [2.45, 2.75) is 86.6 Å². The Morgan fingerprint density at radius 1 is 0.750 bits per heavy atom. The van der Waals surface area contributed by atoms with E-state index < -0.39 is 0 Å². The standard InChI is InChI=1S/C7H13N3.C7H12N2.C6H11N3.C6H10N2/c1-4-10-7(6(2)3)8-5-9-10;1-6(2)7-4-5-8-9(7)3;1-5(2)6-7-4-8-9(6)3;1-5(2)6-3-7-4-8-6/h5-6H,4H2,1-3H3;4-6H,1-3H3;4-5H,1-3H3;4-5H,3H2,1-2H3. The van der Waals surface area contributed by atoms with Crippen LogP contribution in [0.2, 0.25) is 0 Å². The lowest BCUT2D eigenvalue weighted by Gasteiger charge is -2.04. The van der Waals surface area contributed by atoms with Gasteiger partial charge in [-0.25, -0.2) is 15.0 Å². The molecule has 0 bridgehead atoms. The molecule has 0 amide bonds. The number of aromatic nitrogens is 8. The van der Waals surface area contributed by atoms with Crippen molar-refractivity contribution in [3.8, 4) is 0 Å². The largest absolute Gasteiger partial charge is 0.272 e. The fourth-order valence-electron chi connectivity index (χ4n) is 3.36. The van der Waals surface area contributed by atoms with Crippen LogP contribution in [0.15, 0.2) is 34.9 Å². The molecule has 0 saturated carbocycles. The maximum Gasteiger partial charge on any atom is 0.138 e. The Kier molecular flexibility index (Phi) is 13.5. The normalized spacial score (nSPS) is 12.2. The first-order valence-electron chi connectivity index (χ1n) is 12.7. The number of nitrogens with zero attached hydrogens (tertiary/aromatic N) is 10. The van der Waals surface area contributed by atoms with Gasteiger partial charge in [-0.1, -0.05) is 55.4 Å². The molecule has 1 aliphatic heterocycles. The summed E-state index contributed by atoms with van der Waals surface area (Å²) in [5.74, 6) is 4.20. The number of aliphatic imine (C=N–C) groups is 2. The molecule has 3 aromatic rings. The molecule has 0 saturated heterocycles. The maximum atomic E-state index is 4.14. The predicted molar refractivity (Wildman–Crippen MR) is 148 cm³/mol. The van der Waals surface area contributed by atoms with Gasteiger partial charge in [0.15, 0.2) is 0 Å². The van der Waals surface area contributed by atoms with Crippen molar-refractivity contribution in [1.29, 1.82) is 0 Å². The zero-order valence-electron chi connectivity index (χ0n) is 24.1. The Morgan fingerprint density at radius 3 is 1.64 bits per heavy atom. The van der Waals surface area contributed by atoms with E-state index in [0.29, 0.717) is 23.7 Å². The van der Waals surface area contributed by atoms with Gasteiger partial charge in [-0.2, -0.15) is 15.3 Å². The first kappa shape index (κ1) is 30.9. The Bertz CT molecular complexity index is 1010. The monoisotopic (exact) mass is 498 g/mol. The summed E-state index contributed by atoms with van der Waals surface area (Å²) in [5, 5.41) is 12.1. The lowest BCUT2D eigenvalue weighted by Crippen LogP contribution is -2.07. The molecule has 200 valence electrons. The van der Waals surface area contributed by atoms with Gasteiger partial charge in [-0.15, -0.1) is 0 Å². The SMILES string of the molecule is CC(C)C1=NC=NC1.CC(C)c1ccnn1C.CC(C)c1ncnn1C.CCn1ncnc1C(C)C. The summed E-state index contributed by atoms with van der Waals surface area (Å²) in [4.78, 5) is 16.2. The van der Waals surface area contributed by atoms with Crippen molar-refractivity contribution in [3.63, 3.8) is 0 Å². The van der Waals surface area contributed by atoms with Crippen molar-refractivity contribution >= 4 is 12.1 Å². The number of hydrogen-bond acceptors (Lipinski definition) is 7. The molecule has 0 atom stereocenters. The molecular formula is C26H46N10. The minimum absolute atomic E-state index is 0.470. The summed E-state index contributed by atoms with van der Waals surface area (Å²) < 4.78 is 5.62. The zero-order valence-corrected chi connectivity index (χ0v) is 24.1. The van der Waals surface area contributed by atoms with Gasteiger partial charge in [0.2, 0.25) is 0 Å². The van der Waals surface area contributed by atoms with E-state index in [1.165, 1.54) is 11.4 Å². The molecule has 0 unspecified atom stereocenters. The highest BCUT2D eigenvalue weighted by Crippen LogP contribution is 2.11. The molecule has 4 heterocycles. The third-order valence-electron chi connectivity index (χ3n) is 5.40. The van der Waals surface area contributed by atoms with E-state index in [1.54, 1.807) is 23.7 Å². The molecule has 0 aromatic carbocycles. The van der Waals surface area contributed by atoms with Gasteiger partial charge >= 0.3 is 0 Å². The average molecular weight is 499 g/mol. The quantitative estimate of drug-likeness (QED) is 0.491. The van der Waals surface area contributed by atoms with E-state index in [0.717, 1.165) is 24.7 Å². The third-order valence-corrected chi connectivity index (χ3v) is 5.40.